The van der Waals surface area contributed by atoms with Crippen LogP contribution < -0.4 is 9.64 Å². The Bertz CT molecular complexity index is 442. The molecule has 1 aliphatic rings. The van der Waals surface area contributed by atoms with Crippen LogP contribution >= 0.6 is 0 Å². The summed E-state index contributed by atoms with van der Waals surface area (Å²) in [5, 5.41) is 9.98. The molecule has 6 heteroatoms. The average Bonchev–Trinajstić information content (AvgIpc) is 2.53. The molecule has 21 heavy (non-hydrogen) atoms. The molecule has 1 aromatic carbocycles. The van der Waals surface area contributed by atoms with E-state index in [1.807, 2.05) is 0 Å². The zero-order valence-corrected chi connectivity index (χ0v) is 12.2. The topological polar surface area (TPSA) is 69.4 Å². The molecule has 0 aromatic heterocycles. The molecule has 0 bridgehead atoms. The van der Waals surface area contributed by atoms with E-state index in [0.717, 1.165) is 26.3 Å². The molecule has 0 amide bonds. The normalized spacial score (nSPS) is 17.2. The van der Waals surface area contributed by atoms with E-state index < -0.39 is 6.10 Å². The lowest BCUT2D eigenvalue weighted by atomic mass is 10.2. The number of methoxy groups -OCH3 is 1. The molecule has 0 radical (unpaired) electrons. The van der Waals surface area contributed by atoms with Crippen LogP contribution in [-0.2, 0) is 9.47 Å². The summed E-state index contributed by atoms with van der Waals surface area (Å²) in [6, 6.07) is 6.67. The highest BCUT2D eigenvalue weighted by Crippen LogP contribution is 2.13. The summed E-state index contributed by atoms with van der Waals surface area (Å²) in [6.07, 6.45) is -0.515. The van der Waals surface area contributed by atoms with Gasteiger partial charge in [-0.1, -0.05) is 0 Å². The number of carbonyl (C=O) groups is 1. The van der Waals surface area contributed by atoms with Crippen molar-refractivity contribution in [1.82, 2.24) is 0 Å². The minimum Gasteiger partial charge on any atom is -0.491 e. The SMILES string of the molecule is COC(=O)c1ccc(OC[C@@H](O)C[NH+]2CCOCC2)cc1. The number of nitrogens with one attached hydrogen (secondary N) is 1. The molecule has 0 spiro atoms. The highest BCUT2D eigenvalue weighted by Gasteiger charge is 2.18. The third-order valence-electron chi connectivity index (χ3n) is 3.44. The van der Waals surface area contributed by atoms with Crippen LogP contribution in [0.2, 0.25) is 0 Å². The summed E-state index contributed by atoms with van der Waals surface area (Å²) in [5.74, 6) is 0.246. The minimum absolute atomic E-state index is 0.238. The Morgan fingerprint density at radius 3 is 2.62 bits per heavy atom. The summed E-state index contributed by atoms with van der Waals surface area (Å²) >= 11 is 0. The number of hydrogen-bond acceptors (Lipinski definition) is 5. The Morgan fingerprint density at radius 1 is 1.33 bits per heavy atom. The molecular weight excluding hydrogens is 274 g/mol. The molecule has 0 unspecified atom stereocenters. The fraction of sp³-hybridized carbons (Fsp3) is 0.533. The Labute approximate surface area is 124 Å². The third kappa shape index (κ3) is 5.00. The van der Waals surface area contributed by atoms with Crippen LogP contribution in [-0.4, -0.2) is 63.7 Å². The highest BCUT2D eigenvalue weighted by atomic mass is 16.5. The second-order valence-electron chi connectivity index (χ2n) is 5.05. The van der Waals surface area contributed by atoms with Crippen LogP contribution in [0.25, 0.3) is 0 Å². The number of benzene rings is 1. The van der Waals surface area contributed by atoms with Gasteiger partial charge in [-0.15, -0.1) is 0 Å². The predicted octanol–water partition coefficient (Wildman–Crippen LogP) is -0.872. The van der Waals surface area contributed by atoms with Gasteiger partial charge in [-0.05, 0) is 24.3 Å². The van der Waals surface area contributed by atoms with Gasteiger partial charge in [-0.2, -0.15) is 0 Å². The number of ether oxygens (including phenoxy) is 3. The molecule has 0 saturated carbocycles. The summed E-state index contributed by atoms with van der Waals surface area (Å²) < 4.78 is 15.4. The van der Waals surface area contributed by atoms with E-state index in [-0.39, 0.29) is 12.6 Å². The quantitative estimate of drug-likeness (QED) is 0.668. The lowest BCUT2D eigenvalue weighted by Crippen LogP contribution is -3.15. The minimum atomic E-state index is -0.515. The molecule has 1 fully saturated rings. The number of esters is 1. The second-order valence-corrected chi connectivity index (χ2v) is 5.05. The standard InChI is InChI=1S/C15H21NO5/c1-19-15(18)12-2-4-14(5-3-12)21-11-13(17)10-16-6-8-20-9-7-16/h2-5,13,17H,6-11H2,1H3/p+1/t13-/m0/s1. The van der Waals surface area contributed by atoms with Crippen molar-refractivity contribution in [3.63, 3.8) is 0 Å². The van der Waals surface area contributed by atoms with E-state index in [4.69, 9.17) is 9.47 Å². The first kappa shape index (κ1) is 15.8. The van der Waals surface area contributed by atoms with Gasteiger partial charge in [0.2, 0.25) is 0 Å². The molecule has 1 aromatic rings. The van der Waals surface area contributed by atoms with E-state index >= 15 is 0 Å². The van der Waals surface area contributed by atoms with Crippen molar-refractivity contribution in [2.45, 2.75) is 6.10 Å². The average molecular weight is 296 g/mol. The van der Waals surface area contributed by atoms with Gasteiger partial charge in [-0.25, -0.2) is 4.79 Å². The fourth-order valence-corrected chi connectivity index (χ4v) is 2.25. The first-order valence-electron chi connectivity index (χ1n) is 7.09. The van der Waals surface area contributed by atoms with Gasteiger partial charge in [0, 0.05) is 0 Å². The molecule has 1 atom stereocenters. The second kappa shape index (κ2) is 7.97. The monoisotopic (exact) mass is 296 g/mol. The summed E-state index contributed by atoms with van der Waals surface area (Å²) in [4.78, 5) is 12.6. The Morgan fingerprint density at radius 2 is 2.00 bits per heavy atom. The number of aliphatic hydroxyl groups excluding tert-OH is 1. The van der Waals surface area contributed by atoms with E-state index in [1.165, 1.54) is 12.0 Å². The van der Waals surface area contributed by atoms with Gasteiger partial charge < -0.3 is 24.2 Å². The van der Waals surface area contributed by atoms with Gasteiger partial charge >= 0.3 is 5.97 Å². The van der Waals surface area contributed by atoms with Crippen LogP contribution in [0.1, 0.15) is 10.4 Å². The van der Waals surface area contributed by atoms with Gasteiger partial charge in [0.05, 0.1) is 25.9 Å². The van der Waals surface area contributed by atoms with E-state index in [0.29, 0.717) is 17.9 Å². The highest BCUT2D eigenvalue weighted by molar-refractivity contribution is 5.89. The molecule has 1 aliphatic heterocycles. The summed E-state index contributed by atoms with van der Waals surface area (Å²) in [5.41, 5.74) is 0.475. The number of rotatable bonds is 6. The molecule has 6 nitrogen and oxygen atoms in total. The van der Waals surface area contributed by atoms with Crippen molar-refractivity contribution in [1.29, 1.82) is 0 Å². The molecule has 2 N–H and O–H groups in total. The van der Waals surface area contributed by atoms with Crippen LogP contribution in [0.15, 0.2) is 24.3 Å². The maximum absolute atomic E-state index is 11.3. The van der Waals surface area contributed by atoms with E-state index in [1.54, 1.807) is 24.3 Å². The van der Waals surface area contributed by atoms with Gasteiger partial charge in [0.15, 0.2) is 0 Å². The lowest BCUT2D eigenvalue weighted by molar-refractivity contribution is -0.911. The molecule has 0 aliphatic carbocycles. The van der Waals surface area contributed by atoms with Crippen LogP contribution in [0.4, 0.5) is 0 Å². The number of aliphatic hydroxyl groups is 1. The Hall–Kier alpha value is -1.63. The van der Waals surface area contributed by atoms with Gasteiger partial charge in [0.25, 0.3) is 0 Å². The molecule has 2 rings (SSSR count). The first-order chi connectivity index (χ1) is 10.2. The summed E-state index contributed by atoms with van der Waals surface area (Å²) in [6.45, 7) is 4.23. The van der Waals surface area contributed by atoms with Crippen LogP contribution in [0, 0.1) is 0 Å². The third-order valence-corrected chi connectivity index (χ3v) is 3.44. The van der Waals surface area contributed by atoms with Crippen LogP contribution in [0.5, 0.6) is 5.75 Å². The number of carbonyl (C=O) groups excluding carboxylic acids is 1. The van der Waals surface area contributed by atoms with Crippen molar-refractivity contribution in [3.8, 4) is 5.75 Å². The maximum Gasteiger partial charge on any atom is 0.337 e. The van der Waals surface area contributed by atoms with Crippen LogP contribution in [0.3, 0.4) is 0 Å². The van der Waals surface area contributed by atoms with Crippen molar-refractivity contribution < 1.29 is 29.0 Å². The molecule has 116 valence electrons. The molecule has 1 saturated heterocycles. The van der Waals surface area contributed by atoms with Crippen molar-refractivity contribution in [3.05, 3.63) is 29.8 Å². The lowest BCUT2D eigenvalue weighted by Gasteiger charge is -2.25. The van der Waals surface area contributed by atoms with Crippen molar-refractivity contribution >= 4 is 5.97 Å². The van der Waals surface area contributed by atoms with E-state index in [2.05, 4.69) is 4.74 Å². The zero-order valence-electron chi connectivity index (χ0n) is 12.2. The van der Waals surface area contributed by atoms with Gasteiger partial charge in [0.1, 0.15) is 38.1 Å². The molecule has 1 heterocycles. The number of morpholine rings is 1. The first-order valence-corrected chi connectivity index (χ1v) is 7.09. The summed E-state index contributed by atoms with van der Waals surface area (Å²) in [7, 11) is 1.34. The van der Waals surface area contributed by atoms with E-state index in [9.17, 15) is 9.90 Å². The number of hydrogen-bond donors (Lipinski definition) is 2. The zero-order chi connectivity index (χ0) is 15.1. The predicted molar refractivity (Wildman–Crippen MR) is 75.7 cm³/mol. The van der Waals surface area contributed by atoms with Gasteiger partial charge in [-0.3, -0.25) is 0 Å². The van der Waals surface area contributed by atoms with Crippen molar-refractivity contribution in [2.24, 2.45) is 0 Å². The molecular formula is C15H22NO5+. The fourth-order valence-electron chi connectivity index (χ4n) is 2.25. The Kier molecular flexibility index (Phi) is 5.98. The van der Waals surface area contributed by atoms with Crippen molar-refractivity contribution in [2.75, 3.05) is 46.6 Å². The smallest absolute Gasteiger partial charge is 0.337 e. The maximum atomic E-state index is 11.3. The largest absolute Gasteiger partial charge is 0.491 e. The number of quaternary nitrogens is 1. The Balaban J connectivity index is 1.75.